The molecule has 0 saturated heterocycles. The summed E-state index contributed by atoms with van der Waals surface area (Å²) < 4.78 is 5.19. The van der Waals surface area contributed by atoms with Gasteiger partial charge in [-0.15, -0.1) is 0 Å². The minimum atomic E-state index is -0.0389. The van der Waals surface area contributed by atoms with Crippen LogP contribution in [-0.2, 0) is 4.79 Å². The minimum absolute atomic E-state index is 0.0389. The van der Waals surface area contributed by atoms with Crippen LogP contribution in [0.1, 0.15) is 6.92 Å². The fraction of sp³-hybridized carbons (Fsp3) is 0.462. The summed E-state index contributed by atoms with van der Waals surface area (Å²) in [5.41, 5.74) is 0.816. The normalized spacial score (nSPS) is 11.7. The molecule has 1 rings (SSSR count). The van der Waals surface area contributed by atoms with Crippen molar-refractivity contribution >= 4 is 11.6 Å². The number of carbonyl (C=O) groups is 1. The highest BCUT2D eigenvalue weighted by Gasteiger charge is 2.05. The van der Waals surface area contributed by atoms with Crippen molar-refractivity contribution in [2.45, 2.75) is 13.0 Å². The van der Waals surface area contributed by atoms with Gasteiger partial charge in [0.25, 0.3) is 0 Å². The molecule has 5 heteroatoms. The predicted molar refractivity (Wildman–Crippen MR) is 73.0 cm³/mol. The van der Waals surface area contributed by atoms with Gasteiger partial charge in [0.15, 0.2) is 0 Å². The van der Waals surface area contributed by atoms with E-state index in [0.29, 0.717) is 6.54 Å². The van der Waals surface area contributed by atoms with Crippen molar-refractivity contribution in [3.63, 3.8) is 0 Å². The first-order chi connectivity index (χ1) is 8.67. The molecule has 0 bridgehead atoms. The molecule has 100 valence electrons. The van der Waals surface area contributed by atoms with Crippen LogP contribution in [0.5, 0.6) is 5.75 Å². The van der Waals surface area contributed by atoms with Crippen LogP contribution in [0.25, 0.3) is 0 Å². The molecule has 0 spiro atoms. The largest absolute Gasteiger partial charge is 0.495 e. The first-order valence-electron chi connectivity index (χ1n) is 5.98. The van der Waals surface area contributed by atoms with Gasteiger partial charge in [0.2, 0.25) is 5.91 Å². The van der Waals surface area contributed by atoms with Crippen molar-refractivity contribution in [3.05, 3.63) is 24.3 Å². The van der Waals surface area contributed by atoms with Crippen molar-refractivity contribution in [1.82, 2.24) is 10.6 Å². The van der Waals surface area contributed by atoms with E-state index in [-0.39, 0.29) is 18.5 Å². The van der Waals surface area contributed by atoms with Gasteiger partial charge in [0.05, 0.1) is 19.3 Å². The second kappa shape index (κ2) is 7.55. The number of likely N-dealkylation sites (N-methyl/N-ethyl adjacent to an activating group) is 1. The number of hydrogen-bond donors (Lipinski definition) is 3. The van der Waals surface area contributed by atoms with E-state index in [1.165, 1.54) is 0 Å². The van der Waals surface area contributed by atoms with Crippen LogP contribution in [0.4, 0.5) is 5.69 Å². The highest BCUT2D eigenvalue weighted by Crippen LogP contribution is 2.22. The smallest absolute Gasteiger partial charge is 0.239 e. The lowest BCUT2D eigenvalue weighted by Gasteiger charge is -2.13. The highest BCUT2D eigenvalue weighted by atomic mass is 16.5. The second-order valence-corrected chi connectivity index (χ2v) is 4.05. The van der Waals surface area contributed by atoms with Crippen LogP contribution in [0.15, 0.2) is 24.3 Å². The first-order valence-corrected chi connectivity index (χ1v) is 5.98. The maximum atomic E-state index is 11.6. The molecule has 0 saturated carbocycles. The van der Waals surface area contributed by atoms with Crippen molar-refractivity contribution in [2.75, 3.05) is 32.6 Å². The fourth-order valence-electron chi connectivity index (χ4n) is 1.40. The van der Waals surface area contributed by atoms with Crippen molar-refractivity contribution in [3.8, 4) is 5.75 Å². The molecule has 0 fully saturated rings. The number of hydrogen-bond acceptors (Lipinski definition) is 4. The quantitative estimate of drug-likeness (QED) is 0.672. The van der Waals surface area contributed by atoms with Crippen molar-refractivity contribution in [2.24, 2.45) is 0 Å². The third-order valence-corrected chi connectivity index (χ3v) is 2.64. The van der Waals surface area contributed by atoms with Gasteiger partial charge in [0.1, 0.15) is 5.75 Å². The number of benzene rings is 1. The average molecular weight is 251 g/mol. The van der Waals surface area contributed by atoms with Crippen molar-refractivity contribution < 1.29 is 9.53 Å². The molecule has 0 radical (unpaired) electrons. The molecule has 0 aromatic heterocycles. The Kier molecular flexibility index (Phi) is 6.00. The van der Waals surface area contributed by atoms with Crippen LogP contribution in [0.2, 0.25) is 0 Å². The van der Waals surface area contributed by atoms with Gasteiger partial charge < -0.3 is 20.7 Å². The highest BCUT2D eigenvalue weighted by molar-refractivity contribution is 5.81. The molecule has 3 N–H and O–H groups in total. The summed E-state index contributed by atoms with van der Waals surface area (Å²) in [5.74, 6) is 0.692. The zero-order chi connectivity index (χ0) is 13.4. The number of rotatable bonds is 7. The summed E-state index contributed by atoms with van der Waals surface area (Å²) in [4.78, 5) is 11.6. The van der Waals surface area contributed by atoms with Crippen molar-refractivity contribution in [1.29, 1.82) is 0 Å². The molecule has 1 aromatic carbocycles. The third kappa shape index (κ3) is 4.63. The number of methoxy groups -OCH3 is 1. The lowest BCUT2D eigenvalue weighted by Crippen LogP contribution is -2.39. The summed E-state index contributed by atoms with van der Waals surface area (Å²) in [5, 5.41) is 8.94. The first kappa shape index (κ1) is 14.3. The zero-order valence-electron chi connectivity index (χ0n) is 11.1. The SMILES string of the molecule is CNC(C)CNC(=O)CNc1ccccc1OC. The van der Waals surface area contributed by atoms with E-state index in [2.05, 4.69) is 16.0 Å². The molecular formula is C13H21N3O2. The van der Waals surface area contributed by atoms with Gasteiger partial charge in [0, 0.05) is 12.6 Å². The number of para-hydroxylation sites is 2. The number of carbonyl (C=O) groups excluding carboxylic acids is 1. The summed E-state index contributed by atoms with van der Waals surface area (Å²) in [6.45, 7) is 2.85. The van der Waals surface area contributed by atoms with Gasteiger partial charge >= 0.3 is 0 Å². The molecule has 0 heterocycles. The van der Waals surface area contributed by atoms with Gasteiger partial charge in [-0.1, -0.05) is 12.1 Å². The van der Waals surface area contributed by atoms with E-state index in [1.807, 2.05) is 38.2 Å². The van der Waals surface area contributed by atoms with Gasteiger partial charge in [-0.25, -0.2) is 0 Å². The van der Waals surface area contributed by atoms with E-state index in [1.54, 1.807) is 7.11 Å². The second-order valence-electron chi connectivity index (χ2n) is 4.05. The Morgan fingerprint density at radius 1 is 1.39 bits per heavy atom. The molecule has 0 aliphatic rings. The molecule has 1 aromatic rings. The molecule has 1 amide bonds. The van der Waals surface area contributed by atoms with Crippen LogP contribution in [0.3, 0.4) is 0 Å². The Hall–Kier alpha value is -1.75. The molecule has 18 heavy (non-hydrogen) atoms. The Morgan fingerprint density at radius 3 is 2.78 bits per heavy atom. The van der Waals surface area contributed by atoms with Crippen LogP contribution >= 0.6 is 0 Å². The van der Waals surface area contributed by atoms with E-state index in [0.717, 1.165) is 11.4 Å². The lowest BCUT2D eigenvalue weighted by atomic mass is 10.3. The Morgan fingerprint density at radius 2 is 2.11 bits per heavy atom. The number of amides is 1. The maximum absolute atomic E-state index is 11.6. The Labute approximate surface area is 108 Å². The molecule has 1 unspecified atom stereocenters. The predicted octanol–water partition coefficient (Wildman–Crippen LogP) is 0.831. The Balaban J connectivity index is 2.38. The molecular weight excluding hydrogens is 230 g/mol. The molecule has 5 nitrogen and oxygen atoms in total. The van der Waals surface area contributed by atoms with Gasteiger partial charge in [-0.2, -0.15) is 0 Å². The summed E-state index contributed by atoms with van der Waals surface area (Å²) >= 11 is 0. The number of anilines is 1. The van der Waals surface area contributed by atoms with Gasteiger partial charge in [-0.05, 0) is 26.1 Å². The van der Waals surface area contributed by atoms with Crippen LogP contribution in [-0.4, -0.2) is 39.2 Å². The Bertz CT molecular complexity index is 382. The number of nitrogens with one attached hydrogen (secondary N) is 3. The third-order valence-electron chi connectivity index (χ3n) is 2.64. The minimum Gasteiger partial charge on any atom is -0.495 e. The van der Waals surface area contributed by atoms with E-state index >= 15 is 0 Å². The van der Waals surface area contributed by atoms with Crippen LogP contribution in [0, 0.1) is 0 Å². The fourth-order valence-corrected chi connectivity index (χ4v) is 1.40. The summed E-state index contributed by atoms with van der Waals surface area (Å²) in [6.07, 6.45) is 0. The number of ether oxygens (including phenoxy) is 1. The molecule has 1 atom stereocenters. The standard InChI is InChI=1S/C13H21N3O2/c1-10(14-2)8-16-13(17)9-15-11-6-4-5-7-12(11)18-3/h4-7,10,14-15H,8-9H2,1-3H3,(H,16,17). The summed E-state index contributed by atoms with van der Waals surface area (Å²) in [7, 11) is 3.47. The zero-order valence-corrected chi connectivity index (χ0v) is 11.1. The average Bonchev–Trinajstić information content (AvgIpc) is 2.42. The molecule has 0 aliphatic carbocycles. The maximum Gasteiger partial charge on any atom is 0.239 e. The molecule has 0 aliphatic heterocycles. The van der Waals surface area contributed by atoms with E-state index < -0.39 is 0 Å². The monoisotopic (exact) mass is 251 g/mol. The summed E-state index contributed by atoms with van der Waals surface area (Å²) in [6, 6.07) is 7.77. The van der Waals surface area contributed by atoms with Gasteiger partial charge in [-0.3, -0.25) is 4.79 Å². The van der Waals surface area contributed by atoms with E-state index in [4.69, 9.17) is 4.74 Å². The van der Waals surface area contributed by atoms with E-state index in [9.17, 15) is 4.79 Å². The lowest BCUT2D eigenvalue weighted by molar-refractivity contribution is -0.119. The van der Waals surface area contributed by atoms with Crippen LogP contribution < -0.4 is 20.7 Å². The topological polar surface area (TPSA) is 62.4 Å².